The summed E-state index contributed by atoms with van der Waals surface area (Å²) in [6.07, 6.45) is 0. The predicted molar refractivity (Wildman–Crippen MR) is 83.4 cm³/mol. The van der Waals surface area contributed by atoms with Gasteiger partial charge in [0.25, 0.3) is 0 Å². The van der Waals surface area contributed by atoms with Gasteiger partial charge in [0.1, 0.15) is 11.6 Å². The highest BCUT2D eigenvalue weighted by Gasteiger charge is 2.35. The van der Waals surface area contributed by atoms with Gasteiger partial charge in [-0.15, -0.1) is 5.10 Å². The number of hydrogen-bond acceptors (Lipinski definition) is 5. The average Bonchev–Trinajstić information content (AvgIpc) is 2.86. The van der Waals surface area contributed by atoms with E-state index in [-0.39, 0.29) is 11.8 Å². The monoisotopic (exact) mass is 295 g/mol. The van der Waals surface area contributed by atoms with Gasteiger partial charge in [-0.25, -0.2) is 0 Å². The number of aromatic nitrogens is 2. The number of allylic oxidation sites excluding steroid dienone is 1. The van der Waals surface area contributed by atoms with Crippen LogP contribution in [0.25, 0.3) is 0 Å². The van der Waals surface area contributed by atoms with Gasteiger partial charge in [-0.3, -0.25) is 5.10 Å². The van der Waals surface area contributed by atoms with Crippen molar-refractivity contribution in [3.63, 3.8) is 0 Å². The third-order valence-corrected chi connectivity index (χ3v) is 3.86. The van der Waals surface area contributed by atoms with Crippen molar-refractivity contribution in [2.24, 2.45) is 5.73 Å². The first-order valence-electron chi connectivity index (χ1n) is 6.93. The highest BCUT2D eigenvalue weighted by molar-refractivity contribution is 5.64. The zero-order valence-corrected chi connectivity index (χ0v) is 12.7. The van der Waals surface area contributed by atoms with Crippen LogP contribution in [-0.4, -0.2) is 24.3 Å². The SMILES string of the molecule is Cc1[nH]nc2c1C(c1ccccc1N(C)C)C(C#N)=C(N)O2. The van der Waals surface area contributed by atoms with Crippen LogP contribution in [0.2, 0.25) is 0 Å². The number of aryl methyl sites for hydroxylation is 1. The molecule has 22 heavy (non-hydrogen) atoms. The van der Waals surface area contributed by atoms with E-state index in [0.29, 0.717) is 11.5 Å². The van der Waals surface area contributed by atoms with E-state index in [4.69, 9.17) is 10.5 Å². The Kier molecular flexibility index (Phi) is 3.26. The van der Waals surface area contributed by atoms with Gasteiger partial charge in [-0.05, 0) is 18.6 Å². The van der Waals surface area contributed by atoms with Crippen LogP contribution in [0.3, 0.4) is 0 Å². The van der Waals surface area contributed by atoms with Crippen LogP contribution in [-0.2, 0) is 0 Å². The molecule has 1 aromatic carbocycles. The van der Waals surface area contributed by atoms with Crippen molar-refractivity contribution in [3.05, 3.63) is 52.5 Å². The second kappa shape index (κ2) is 5.11. The van der Waals surface area contributed by atoms with Gasteiger partial charge in [-0.1, -0.05) is 18.2 Å². The smallest absolute Gasteiger partial charge is 0.244 e. The molecule has 0 amide bonds. The Bertz CT molecular complexity index is 797. The van der Waals surface area contributed by atoms with E-state index in [1.807, 2.05) is 50.2 Å². The summed E-state index contributed by atoms with van der Waals surface area (Å²) in [5.41, 5.74) is 10.1. The fourth-order valence-electron chi connectivity index (χ4n) is 2.85. The topological polar surface area (TPSA) is 91.0 Å². The Morgan fingerprint density at radius 1 is 1.36 bits per heavy atom. The maximum atomic E-state index is 9.56. The molecule has 0 radical (unpaired) electrons. The van der Waals surface area contributed by atoms with Gasteiger partial charge in [0, 0.05) is 31.0 Å². The number of nitrogens with two attached hydrogens (primary N) is 1. The molecule has 1 aliphatic heterocycles. The maximum Gasteiger partial charge on any atom is 0.244 e. The Hall–Kier alpha value is -2.94. The number of nitrogens with zero attached hydrogens (tertiary/aromatic N) is 3. The van der Waals surface area contributed by atoms with Crippen molar-refractivity contribution in [2.45, 2.75) is 12.8 Å². The van der Waals surface area contributed by atoms with Gasteiger partial charge in [0.05, 0.1) is 5.92 Å². The predicted octanol–water partition coefficient (Wildman–Crippen LogP) is 2.00. The molecule has 1 unspecified atom stereocenters. The molecule has 0 saturated heterocycles. The van der Waals surface area contributed by atoms with Crippen molar-refractivity contribution in [1.29, 1.82) is 5.26 Å². The van der Waals surface area contributed by atoms with Gasteiger partial charge >= 0.3 is 0 Å². The number of aromatic amines is 1. The van der Waals surface area contributed by atoms with Gasteiger partial charge in [0.2, 0.25) is 11.8 Å². The lowest BCUT2D eigenvalue weighted by atomic mass is 9.83. The van der Waals surface area contributed by atoms with E-state index >= 15 is 0 Å². The molecule has 0 fully saturated rings. The number of rotatable bonds is 2. The molecule has 3 rings (SSSR count). The number of nitrogens with one attached hydrogen (secondary N) is 1. The summed E-state index contributed by atoms with van der Waals surface area (Å²) in [4.78, 5) is 2.02. The molecule has 0 bridgehead atoms. The fraction of sp³-hybridized carbons (Fsp3) is 0.250. The molecule has 112 valence electrons. The second-order valence-electron chi connectivity index (χ2n) is 5.45. The zero-order valence-electron chi connectivity index (χ0n) is 12.7. The molecule has 2 heterocycles. The van der Waals surface area contributed by atoms with Gasteiger partial charge in [0.15, 0.2) is 0 Å². The minimum absolute atomic E-state index is 0.111. The van der Waals surface area contributed by atoms with Crippen LogP contribution in [0.5, 0.6) is 5.88 Å². The molecule has 1 atom stereocenters. The second-order valence-corrected chi connectivity index (χ2v) is 5.45. The Morgan fingerprint density at radius 2 is 2.09 bits per heavy atom. The number of fused-ring (bicyclic) bond motifs is 1. The van der Waals surface area contributed by atoms with E-state index in [1.165, 1.54) is 0 Å². The lowest BCUT2D eigenvalue weighted by molar-refractivity contribution is 0.379. The first-order chi connectivity index (χ1) is 10.5. The van der Waals surface area contributed by atoms with Crippen molar-refractivity contribution in [3.8, 4) is 11.9 Å². The summed E-state index contributed by atoms with van der Waals surface area (Å²) in [5, 5.41) is 16.6. The summed E-state index contributed by atoms with van der Waals surface area (Å²) >= 11 is 0. The third kappa shape index (κ3) is 1.99. The first-order valence-corrected chi connectivity index (χ1v) is 6.93. The normalized spacial score (nSPS) is 16.7. The highest BCUT2D eigenvalue weighted by atomic mass is 16.5. The molecule has 0 saturated carbocycles. The van der Waals surface area contributed by atoms with Crippen molar-refractivity contribution in [1.82, 2.24) is 10.2 Å². The molecule has 1 aliphatic rings. The Labute approximate surface area is 128 Å². The van der Waals surface area contributed by atoms with Crippen LogP contribution in [0.15, 0.2) is 35.7 Å². The maximum absolute atomic E-state index is 9.56. The van der Waals surface area contributed by atoms with Crippen LogP contribution >= 0.6 is 0 Å². The van der Waals surface area contributed by atoms with Crippen molar-refractivity contribution >= 4 is 5.69 Å². The van der Waals surface area contributed by atoms with E-state index < -0.39 is 0 Å². The zero-order chi connectivity index (χ0) is 15.9. The van der Waals surface area contributed by atoms with E-state index in [2.05, 4.69) is 16.3 Å². The van der Waals surface area contributed by atoms with E-state index in [0.717, 1.165) is 22.5 Å². The van der Waals surface area contributed by atoms with Crippen LogP contribution in [0.4, 0.5) is 5.69 Å². The fourth-order valence-corrected chi connectivity index (χ4v) is 2.85. The van der Waals surface area contributed by atoms with E-state index in [1.54, 1.807) is 0 Å². The lowest BCUT2D eigenvalue weighted by Crippen LogP contribution is -2.22. The largest absolute Gasteiger partial charge is 0.420 e. The molecular weight excluding hydrogens is 278 g/mol. The molecule has 1 aromatic heterocycles. The van der Waals surface area contributed by atoms with Crippen molar-refractivity contribution < 1.29 is 4.74 Å². The quantitative estimate of drug-likeness (QED) is 0.884. The highest BCUT2D eigenvalue weighted by Crippen LogP contribution is 2.44. The van der Waals surface area contributed by atoms with Gasteiger partial charge < -0.3 is 15.4 Å². The summed E-state index contributed by atoms with van der Waals surface area (Å²) in [6.45, 7) is 1.91. The third-order valence-electron chi connectivity index (χ3n) is 3.86. The first kappa shape index (κ1) is 14.0. The number of H-pyrrole nitrogens is 1. The van der Waals surface area contributed by atoms with Gasteiger partial charge in [-0.2, -0.15) is 5.26 Å². The number of benzene rings is 1. The number of hydrogen-bond donors (Lipinski definition) is 2. The summed E-state index contributed by atoms with van der Waals surface area (Å²) < 4.78 is 5.49. The Balaban J connectivity index is 2.29. The summed E-state index contributed by atoms with van der Waals surface area (Å²) in [7, 11) is 3.95. The molecule has 6 heteroatoms. The average molecular weight is 295 g/mol. The minimum Gasteiger partial charge on any atom is -0.420 e. The lowest BCUT2D eigenvalue weighted by Gasteiger charge is -2.27. The Morgan fingerprint density at radius 3 is 2.77 bits per heavy atom. The minimum atomic E-state index is -0.286. The molecule has 6 nitrogen and oxygen atoms in total. The number of para-hydroxylation sites is 1. The molecule has 3 N–H and O–H groups in total. The number of ether oxygens (including phenoxy) is 1. The molecule has 2 aromatic rings. The number of nitriles is 1. The standard InChI is InChI=1S/C16H17N5O/c1-9-13-14(10-6-4-5-7-12(10)21(2)3)11(8-17)15(18)22-16(13)20-19-9/h4-7,14H,18H2,1-3H3,(H,19,20). The number of anilines is 1. The summed E-state index contributed by atoms with van der Waals surface area (Å²) in [6, 6.07) is 10.1. The van der Waals surface area contributed by atoms with Crippen molar-refractivity contribution in [2.75, 3.05) is 19.0 Å². The van der Waals surface area contributed by atoms with Crippen LogP contribution in [0.1, 0.15) is 22.7 Å². The summed E-state index contributed by atoms with van der Waals surface area (Å²) in [5.74, 6) is 0.263. The molecule has 0 spiro atoms. The molecule has 0 aliphatic carbocycles. The van der Waals surface area contributed by atoms with E-state index in [9.17, 15) is 5.26 Å². The van der Waals surface area contributed by atoms with Crippen LogP contribution < -0.4 is 15.4 Å². The molecular formula is C16H17N5O. The van der Waals surface area contributed by atoms with Crippen LogP contribution in [0, 0.1) is 18.3 Å².